The maximum Gasteiger partial charge on any atom is 0.248 e. The summed E-state index contributed by atoms with van der Waals surface area (Å²) in [7, 11) is 1.60. The summed E-state index contributed by atoms with van der Waals surface area (Å²) in [6.07, 6.45) is 8.34. The highest BCUT2D eigenvalue weighted by Crippen LogP contribution is 2.36. The second-order valence-electron chi connectivity index (χ2n) is 9.43. The number of carbonyl (C=O) groups is 1. The molecule has 0 aliphatic heterocycles. The smallest absolute Gasteiger partial charge is 0.248 e. The van der Waals surface area contributed by atoms with E-state index in [9.17, 15) is 15.0 Å². The minimum atomic E-state index is -0.911. The van der Waals surface area contributed by atoms with Crippen LogP contribution in [-0.4, -0.2) is 55.9 Å². The van der Waals surface area contributed by atoms with Gasteiger partial charge in [0.15, 0.2) is 11.7 Å². The van der Waals surface area contributed by atoms with Crippen LogP contribution in [0.15, 0.2) is 24.5 Å². The topological polar surface area (TPSA) is 111 Å². The Morgan fingerprint density at radius 2 is 2.09 bits per heavy atom. The molecule has 9 heteroatoms. The molecular weight excluding hydrogens is 412 g/mol. The molecule has 0 spiro atoms. The summed E-state index contributed by atoms with van der Waals surface area (Å²) in [5.74, 6) is 1.07. The Labute approximate surface area is 189 Å². The van der Waals surface area contributed by atoms with Gasteiger partial charge >= 0.3 is 0 Å². The van der Waals surface area contributed by atoms with E-state index in [1.54, 1.807) is 48.7 Å². The Balaban J connectivity index is 1.77. The molecule has 178 valence electrons. The van der Waals surface area contributed by atoms with Gasteiger partial charge in [-0.15, -0.1) is 0 Å². The van der Waals surface area contributed by atoms with Crippen molar-refractivity contribution < 1.29 is 24.5 Å². The lowest BCUT2D eigenvalue weighted by molar-refractivity contribution is -0.119. The molecule has 0 saturated heterocycles. The number of amides is 1. The van der Waals surface area contributed by atoms with Crippen LogP contribution in [0.5, 0.6) is 11.6 Å². The van der Waals surface area contributed by atoms with Crippen LogP contribution in [0, 0.1) is 5.92 Å². The minimum Gasteiger partial charge on any atom is -0.494 e. The lowest BCUT2D eigenvalue weighted by Crippen LogP contribution is -2.28. The molecule has 0 unspecified atom stereocenters. The third kappa shape index (κ3) is 6.74. The average molecular weight is 449 g/mol. The van der Waals surface area contributed by atoms with E-state index in [1.165, 1.54) is 18.9 Å². The number of aliphatic hydroxyl groups is 1. The van der Waals surface area contributed by atoms with E-state index in [1.807, 2.05) is 6.92 Å². The van der Waals surface area contributed by atoms with Crippen molar-refractivity contribution in [1.29, 1.82) is 0 Å². The van der Waals surface area contributed by atoms with Crippen LogP contribution in [0.1, 0.15) is 58.9 Å². The van der Waals surface area contributed by atoms with Gasteiger partial charge in [0.1, 0.15) is 17.9 Å². The number of methoxy groups -OCH3 is 1. The second-order valence-corrected chi connectivity index (χ2v) is 9.43. The third-order valence-corrected chi connectivity index (χ3v) is 5.65. The van der Waals surface area contributed by atoms with Gasteiger partial charge < -0.3 is 29.6 Å². The molecule has 3 rings (SSSR count). The molecule has 2 heterocycles. The van der Waals surface area contributed by atoms with Crippen LogP contribution < -0.4 is 10.1 Å². The summed E-state index contributed by atoms with van der Waals surface area (Å²) in [5.41, 5.74) is -0.911. The Kier molecular flexibility index (Phi) is 7.84. The molecule has 1 aliphatic rings. The quantitative estimate of drug-likeness (QED) is 0.486. The zero-order valence-electron chi connectivity index (χ0n) is 19.5. The summed E-state index contributed by atoms with van der Waals surface area (Å²) in [5, 5.41) is 27.8. The van der Waals surface area contributed by atoms with Crippen molar-refractivity contribution in [2.75, 3.05) is 19.0 Å². The van der Waals surface area contributed by atoms with Crippen LogP contribution in [0.2, 0.25) is 0 Å². The summed E-state index contributed by atoms with van der Waals surface area (Å²) in [6.45, 7) is 6.02. The average Bonchev–Trinajstić information content (AvgIpc) is 3.41. The predicted molar refractivity (Wildman–Crippen MR) is 121 cm³/mol. The standard InChI is InChI=1S/C23H36N4O5/c1-16(14-31-4)32-18-12-21(28)27(13-18)19(11-17-7-5-6-8-17)22(29)24-20-9-10-26(25-20)15-23(2,3)30/h9-10,12-13,16-17,19,28,30H,5-8,11,14-15H2,1-4H3,(H,24,25,29)/t16-,19-/m0/s1. The molecule has 1 aliphatic carbocycles. The Morgan fingerprint density at radius 1 is 1.38 bits per heavy atom. The Morgan fingerprint density at radius 3 is 2.75 bits per heavy atom. The normalized spacial score (nSPS) is 16.8. The van der Waals surface area contributed by atoms with Crippen molar-refractivity contribution in [2.45, 2.75) is 77.2 Å². The highest BCUT2D eigenvalue weighted by atomic mass is 16.5. The second kappa shape index (κ2) is 10.4. The van der Waals surface area contributed by atoms with Crippen LogP contribution in [0.4, 0.5) is 5.82 Å². The van der Waals surface area contributed by atoms with Crippen LogP contribution in [0.3, 0.4) is 0 Å². The van der Waals surface area contributed by atoms with E-state index < -0.39 is 11.6 Å². The predicted octanol–water partition coefficient (Wildman–Crippen LogP) is 3.33. The number of hydrogen-bond acceptors (Lipinski definition) is 6. The lowest BCUT2D eigenvalue weighted by atomic mass is 9.97. The van der Waals surface area contributed by atoms with Gasteiger partial charge in [-0.3, -0.25) is 9.48 Å². The van der Waals surface area contributed by atoms with Crippen molar-refractivity contribution in [1.82, 2.24) is 14.3 Å². The first kappa shape index (κ1) is 24.1. The van der Waals surface area contributed by atoms with E-state index in [0.29, 0.717) is 37.1 Å². The Hall–Kier alpha value is -2.52. The number of nitrogens with zero attached hydrogens (tertiary/aromatic N) is 3. The summed E-state index contributed by atoms with van der Waals surface area (Å²) < 4.78 is 14.1. The van der Waals surface area contributed by atoms with Crippen molar-refractivity contribution >= 4 is 11.7 Å². The van der Waals surface area contributed by atoms with Crippen molar-refractivity contribution in [2.24, 2.45) is 5.92 Å². The maximum atomic E-state index is 13.3. The highest BCUT2D eigenvalue weighted by Gasteiger charge is 2.29. The fraction of sp³-hybridized carbons (Fsp3) is 0.652. The number of anilines is 1. The lowest BCUT2D eigenvalue weighted by Gasteiger charge is -2.22. The van der Waals surface area contributed by atoms with E-state index >= 15 is 0 Å². The van der Waals surface area contributed by atoms with Crippen molar-refractivity contribution in [3.63, 3.8) is 0 Å². The minimum absolute atomic E-state index is 0.0182. The molecule has 2 atom stereocenters. The molecule has 0 aromatic carbocycles. The van der Waals surface area contributed by atoms with Gasteiger partial charge in [-0.25, -0.2) is 0 Å². The highest BCUT2D eigenvalue weighted by molar-refractivity contribution is 5.93. The molecule has 1 amide bonds. The third-order valence-electron chi connectivity index (χ3n) is 5.65. The molecule has 32 heavy (non-hydrogen) atoms. The Bertz CT molecular complexity index is 879. The van der Waals surface area contributed by atoms with Gasteiger partial charge in [-0.1, -0.05) is 25.7 Å². The zero-order valence-corrected chi connectivity index (χ0v) is 19.5. The van der Waals surface area contributed by atoms with Gasteiger partial charge in [0.2, 0.25) is 5.91 Å². The zero-order chi connectivity index (χ0) is 23.3. The number of aromatic hydroxyl groups is 1. The number of hydrogen-bond donors (Lipinski definition) is 3. The molecule has 1 saturated carbocycles. The summed E-state index contributed by atoms with van der Waals surface area (Å²) >= 11 is 0. The number of carbonyl (C=O) groups excluding carboxylic acids is 1. The van der Waals surface area contributed by atoms with Crippen LogP contribution in [0.25, 0.3) is 0 Å². The maximum absolute atomic E-state index is 13.3. The van der Waals surface area contributed by atoms with E-state index in [-0.39, 0.29) is 17.9 Å². The van der Waals surface area contributed by atoms with Crippen LogP contribution in [-0.2, 0) is 16.1 Å². The first-order valence-electron chi connectivity index (χ1n) is 11.3. The summed E-state index contributed by atoms with van der Waals surface area (Å²) in [4.78, 5) is 13.3. The van der Waals surface area contributed by atoms with Gasteiger partial charge in [0.25, 0.3) is 0 Å². The first-order valence-corrected chi connectivity index (χ1v) is 11.3. The first-order chi connectivity index (χ1) is 15.1. The summed E-state index contributed by atoms with van der Waals surface area (Å²) in [6, 6.07) is 2.64. The molecular formula is C23H36N4O5. The molecule has 3 N–H and O–H groups in total. The van der Waals surface area contributed by atoms with Gasteiger partial charge in [-0.2, -0.15) is 5.10 Å². The number of ether oxygens (including phenoxy) is 2. The molecule has 2 aromatic heterocycles. The fourth-order valence-corrected chi connectivity index (χ4v) is 4.29. The molecule has 0 bridgehead atoms. The molecule has 2 aromatic rings. The van der Waals surface area contributed by atoms with Crippen molar-refractivity contribution in [3.05, 3.63) is 24.5 Å². The number of aromatic nitrogens is 3. The monoisotopic (exact) mass is 448 g/mol. The van der Waals surface area contributed by atoms with Gasteiger partial charge in [0.05, 0.1) is 24.9 Å². The van der Waals surface area contributed by atoms with E-state index in [0.717, 1.165) is 12.8 Å². The van der Waals surface area contributed by atoms with E-state index in [2.05, 4.69) is 10.4 Å². The fourth-order valence-electron chi connectivity index (χ4n) is 4.29. The van der Waals surface area contributed by atoms with E-state index in [4.69, 9.17) is 9.47 Å². The van der Waals surface area contributed by atoms with Crippen molar-refractivity contribution in [3.8, 4) is 11.6 Å². The molecule has 0 radical (unpaired) electrons. The molecule has 1 fully saturated rings. The van der Waals surface area contributed by atoms with Gasteiger partial charge in [0, 0.05) is 25.4 Å². The molecule has 9 nitrogen and oxygen atoms in total. The largest absolute Gasteiger partial charge is 0.494 e. The van der Waals surface area contributed by atoms with Gasteiger partial charge in [-0.05, 0) is 33.1 Å². The SMILES string of the molecule is COC[C@H](C)Oc1cc(O)n([C@@H](CC2CCCC2)C(=O)Nc2ccn(CC(C)(C)O)n2)c1. The van der Waals surface area contributed by atoms with Crippen LogP contribution >= 0.6 is 0 Å². The number of rotatable bonds is 11. The number of nitrogens with one attached hydrogen (secondary N) is 1.